The molecule has 2 heterocycles. The van der Waals surface area contributed by atoms with Gasteiger partial charge in [-0.15, -0.1) is 0 Å². The number of aromatic amines is 1. The number of aromatic nitrogens is 4. The normalized spacial score (nSPS) is 9.62. The van der Waals surface area contributed by atoms with Crippen molar-refractivity contribution >= 4 is 17.1 Å². The van der Waals surface area contributed by atoms with Gasteiger partial charge in [0, 0.05) is 6.92 Å². The lowest BCUT2D eigenvalue weighted by molar-refractivity contribution is -0.574. The summed E-state index contributed by atoms with van der Waals surface area (Å²) in [5.41, 5.74) is 1.38. The lowest BCUT2D eigenvalue weighted by Gasteiger charge is -1.87. The number of rotatable bonds is 0. The molecule has 0 saturated carbocycles. The third kappa shape index (κ3) is 1.65. The van der Waals surface area contributed by atoms with E-state index in [-0.39, 0.29) is 18.3 Å². The lowest BCUT2D eigenvalue weighted by atomic mass is 10.5. The number of carbonyl (C=O) groups is 1. The number of imidazole rings is 1. The molecule has 0 fully saturated rings. The van der Waals surface area contributed by atoms with Crippen LogP contribution in [0.2, 0.25) is 0 Å². The Hall–Kier alpha value is -1.49. The van der Waals surface area contributed by atoms with Crippen molar-refractivity contribution in [3.63, 3.8) is 0 Å². The zero-order valence-corrected chi connectivity index (χ0v) is 7.62. The second kappa shape index (κ2) is 3.49. The third-order valence-corrected chi connectivity index (χ3v) is 1.58. The number of fused-ring (bicyclic) bond motifs is 1. The summed E-state index contributed by atoms with van der Waals surface area (Å²) in [6.45, 7) is 1.48. The van der Waals surface area contributed by atoms with Gasteiger partial charge >= 0.3 is 5.91 Å². The fourth-order valence-electron chi connectivity index (χ4n) is 0.956. The molecule has 0 aliphatic rings. The van der Waals surface area contributed by atoms with E-state index in [1.165, 1.54) is 17.8 Å². The molecule has 0 amide bonds. The lowest BCUT2D eigenvalue weighted by Crippen LogP contribution is -3.00. The number of hydrogen-bond acceptors (Lipinski definition) is 3. The predicted octanol–water partition coefficient (Wildman–Crippen LogP) is -3.09. The Balaban J connectivity index is 0.000000845. The van der Waals surface area contributed by atoms with Crippen LogP contribution < -0.4 is 17.0 Å². The number of nitrogens with zero attached hydrogens (tertiary/aromatic N) is 3. The van der Waals surface area contributed by atoms with Gasteiger partial charge in [-0.3, -0.25) is 0 Å². The van der Waals surface area contributed by atoms with Crippen LogP contribution in [0.15, 0.2) is 18.9 Å². The van der Waals surface area contributed by atoms with Crippen LogP contribution >= 0.6 is 0 Å². The Labute approximate surface area is 80.2 Å². The summed E-state index contributed by atoms with van der Waals surface area (Å²) in [7, 11) is 0. The van der Waals surface area contributed by atoms with Crippen LogP contribution in [0.5, 0.6) is 0 Å². The smallest absolute Gasteiger partial charge is 0.310 e. The van der Waals surface area contributed by atoms with Gasteiger partial charge in [0.15, 0.2) is 5.52 Å². The average molecular weight is 199 g/mol. The van der Waals surface area contributed by atoms with Crippen LogP contribution in [-0.4, -0.2) is 20.9 Å². The van der Waals surface area contributed by atoms with Gasteiger partial charge in [-0.05, 0) is 4.98 Å². The molecule has 2 rings (SSSR count). The first-order valence-corrected chi connectivity index (χ1v) is 3.49. The molecule has 0 aliphatic heterocycles. The maximum atomic E-state index is 10.9. The van der Waals surface area contributed by atoms with Crippen LogP contribution in [0.4, 0.5) is 0 Å². The van der Waals surface area contributed by atoms with Crippen molar-refractivity contribution in [2.24, 2.45) is 0 Å². The van der Waals surface area contributed by atoms with E-state index in [0.717, 1.165) is 5.52 Å². The van der Waals surface area contributed by atoms with E-state index < -0.39 is 0 Å². The quantitative estimate of drug-likeness (QED) is 0.457. The van der Waals surface area contributed by atoms with E-state index in [0.29, 0.717) is 5.65 Å². The molecule has 0 aromatic carbocycles. The molecule has 13 heavy (non-hydrogen) atoms. The number of halogens is 1. The monoisotopic (exact) mass is 198 g/mol. The summed E-state index contributed by atoms with van der Waals surface area (Å²) in [5, 5.41) is 0. The van der Waals surface area contributed by atoms with Crippen molar-refractivity contribution in [3.8, 4) is 0 Å². The highest BCUT2D eigenvalue weighted by Crippen LogP contribution is 1.98. The van der Waals surface area contributed by atoms with Crippen molar-refractivity contribution in [2.45, 2.75) is 6.92 Å². The molecule has 0 saturated heterocycles. The Morgan fingerprint density at radius 2 is 2.31 bits per heavy atom. The summed E-state index contributed by atoms with van der Waals surface area (Å²) in [5.74, 6) is -0.0704. The summed E-state index contributed by atoms with van der Waals surface area (Å²) in [6.07, 6.45) is 4.66. The highest BCUT2D eigenvalue weighted by Gasteiger charge is 2.08. The Bertz CT molecular complexity index is 439. The van der Waals surface area contributed by atoms with E-state index in [1.54, 1.807) is 12.5 Å². The van der Waals surface area contributed by atoms with Crippen LogP contribution in [0.25, 0.3) is 11.2 Å². The zero-order valence-electron chi connectivity index (χ0n) is 6.86. The molecular weight excluding hydrogens is 192 g/mol. The molecular formula is C7H7ClN4O. The SMILES string of the molecule is CC(=O)[n+]1cnc2nc[nH]c2c1.[Cl-]. The molecule has 0 unspecified atom stereocenters. The largest absolute Gasteiger partial charge is 1.00 e. The molecule has 0 atom stereocenters. The van der Waals surface area contributed by atoms with Gasteiger partial charge in [-0.25, -0.2) is 4.79 Å². The molecule has 5 nitrogen and oxygen atoms in total. The van der Waals surface area contributed by atoms with Gasteiger partial charge in [0.1, 0.15) is 6.20 Å². The van der Waals surface area contributed by atoms with Crippen LogP contribution in [0.3, 0.4) is 0 Å². The van der Waals surface area contributed by atoms with E-state index in [4.69, 9.17) is 0 Å². The minimum absolute atomic E-state index is 0. The van der Waals surface area contributed by atoms with E-state index >= 15 is 0 Å². The minimum Gasteiger partial charge on any atom is -1.00 e. The van der Waals surface area contributed by atoms with Crippen molar-refractivity contribution in [1.82, 2.24) is 15.0 Å². The Morgan fingerprint density at radius 1 is 1.54 bits per heavy atom. The Morgan fingerprint density at radius 3 is 3.00 bits per heavy atom. The van der Waals surface area contributed by atoms with Crippen LogP contribution in [0, 0.1) is 0 Å². The molecule has 0 bridgehead atoms. The highest BCUT2D eigenvalue weighted by atomic mass is 35.5. The number of carbonyl (C=O) groups excluding carboxylic acids is 1. The minimum atomic E-state index is -0.0704. The highest BCUT2D eigenvalue weighted by molar-refractivity contribution is 5.69. The summed E-state index contributed by atoms with van der Waals surface area (Å²) in [6, 6.07) is 0. The van der Waals surface area contributed by atoms with Crippen molar-refractivity contribution < 1.29 is 21.8 Å². The fraction of sp³-hybridized carbons (Fsp3) is 0.143. The molecule has 6 heteroatoms. The van der Waals surface area contributed by atoms with E-state index in [9.17, 15) is 4.79 Å². The van der Waals surface area contributed by atoms with Crippen molar-refractivity contribution in [1.29, 1.82) is 0 Å². The molecule has 68 valence electrons. The van der Waals surface area contributed by atoms with Gasteiger partial charge in [0.05, 0.1) is 6.33 Å². The Kier molecular flexibility index (Phi) is 2.57. The van der Waals surface area contributed by atoms with Crippen LogP contribution in [-0.2, 0) is 0 Å². The first kappa shape index (κ1) is 9.60. The zero-order chi connectivity index (χ0) is 8.55. The van der Waals surface area contributed by atoms with Gasteiger partial charge in [0.25, 0.3) is 12.0 Å². The van der Waals surface area contributed by atoms with Gasteiger partial charge < -0.3 is 17.4 Å². The maximum absolute atomic E-state index is 10.9. The number of nitrogens with one attached hydrogen (secondary N) is 1. The second-order valence-corrected chi connectivity index (χ2v) is 2.44. The van der Waals surface area contributed by atoms with Crippen molar-refractivity contribution in [3.05, 3.63) is 18.9 Å². The standard InChI is InChI=1S/C7H6N4O.ClH/c1-5(12)11-2-6-7(10-4-11)9-3-8-6;/h2-4H,1H3;1H. The maximum Gasteiger partial charge on any atom is 0.310 e. The number of H-pyrrole nitrogens is 1. The average Bonchev–Trinajstić information content (AvgIpc) is 2.49. The third-order valence-electron chi connectivity index (χ3n) is 1.58. The molecule has 2 aromatic heterocycles. The van der Waals surface area contributed by atoms with Gasteiger partial charge in [-0.2, -0.15) is 9.55 Å². The molecule has 2 aromatic rings. The second-order valence-electron chi connectivity index (χ2n) is 2.44. The fourth-order valence-corrected chi connectivity index (χ4v) is 0.956. The van der Waals surface area contributed by atoms with E-state index in [2.05, 4.69) is 15.0 Å². The molecule has 1 N–H and O–H groups in total. The first-order chi connectivity index (χ1) is 5.77. The molecule has 0 radical (unpaired) electrons. The molecule has 0 aliphatic carbocycles. The summed E-state index contributed by atoms with van der Waals surface area (Å²) >= 11 is 0. The van der Waals surface area contributed by atoms with Gasteiger partial charge in [0.2, 0.25) is 0 Å². The van der Waals surface area contributed by atoms with Crippen molar-refractivity contribution in [2.75, 3.05) is 0 Å². The summed E-state index contributed by atoms with van der Waals surface area (Å²) < 4.78 is 1.40. The predicted molar refractivity (Wildman–Crippen MR) is 40.4 cm³/mol. The van der Waals surface area contributed by atoms with Crippen LogP contribution in [0.1, 0.15) is 11.7 Å². The first-order valence-electron chi connectivity index (χ1n) is 3.49. The number of hydrogen-bond donors (Lipinski definition) is 1. The molecule has 0 spiro atoms. The van der Waals surface area contributed by atoms with E-state index in [1.807, 2.05) is 0 Å². The summed E-state index contributed by atoms with van der Waals surface area (Å²) in [4.78, 5) is 21.7. The topological polar surface area (TPSA) is 62.5 Å². The van der Waals surface area contributed by atoms with Gasteiger partial charge in [-0.1, -0.05) is 0 Å².